The molecule has 2 aliphatic heterocycles. The van der Waals surface area contributed by atoms with Crippen LogP contribution in [0.4, 0.5) is 0 Å². The first-order chi connectivity index (χ1) is 10.4. The minimum absolute atomic E-state index is 0.0383. The number of hydrogen-bond donors (Lipinski definition) is 0. The van der Waals surface area contributed by atoms with Crippen LogP contribution in [0.2, 0.25) is 0 Å². The Balaban J connectivity index is 1.67. The molecule has 3 rings (SSSR count). The van der Waals surface area contributed by atoms with Gasteiger partial charge in [0.15, 0.2) is 0 Å². The molecule has 0 aliphatic carbocycles. The fourth-order valence-electron chi connectivity index (χ4n) is 2.75. The Morgan fingerprint density at radius 1 is 1.36 bits per heavy atom. The van der Waals surface area contributed by atoms with Gasteiger partial charge in [-0.3, -0.25) is 4.79 Å². The Kier molecular flexibility index (Phi) is 4.52. The summed E-state index contributed by atoms with van der Waals surface area (Å²) in [7, 11) is 0. The summed E-state index contributed by atoms with van der Waals surface area (Å²) in [5.41, 5.74) is 1.12. The van der Waals surface area contributed by atoms with Crippen LogP contribution in [0, 0.1) is 0 Å². The molecule has 2 fully saturated rings. The molecule has 1 aromatic rings. The van der Waals surface area contributed by atoms with Gasteiger partial charge in [0.2, 0.25) is 0 Å². The number of nitrogens with zero attached hydrogens (tertiary/aromatic N) is 2. The van der Waals surface area contributed by atoms with Crippen molar-refractivity contribution in [1.82, 2.24) is 9.88 Å². The van der Waals surface area contributed by atoms with Crippen LogP contribution < -0.4 is 0 Å². The summed E-state index contributed by atoms with van der Waals surface area (Å²) in [4.78, 5) is 19.1. The SMILES string of the molecule is CC(C)(C)c1csc([C@H]2CN(C(=O)[C@H]3CCCO3)CCO2)n1. The fourth-order valence-corrected chi connectivity index (χ4v) is 3.84. The molecule has 1 aromatic heterocycles. The Bertz CT molecular complexity index is 532. The van der Waals surface area contributed by atoms with Gasteiger partial charge in [-0.15, -0.1) is 11.3 Å². The van der Waals surface area contributed by atoms with E-state index in [2.05, 4.69) is 26.2 Å². The zero-order valence-corrected chi connectivity index (χ0v) is 14.3. The normalized spacial score (nSPS) is 26.4. The van der Waals surface area contributed by atoms with E-state index in [4.69, 9.17) is 14.5 Å². The van der Waals surface area contributed by atoms with E-state index in [9.17, 15) is 4.79 Å². The number of aromatic nitrogens is 1. The predicted molar refractivity (Wildman–Crippen MR) is 85.1 cm³/mol. The number of ether oxygens (including phenoxy) is 2. The van der Waals surface area contributed by atoms with Crippen LogP contribution in [0.5, 0.6) is 0 Å². The van der Waals surface area contributed by atoms with E-state index in [0.717, 1.165) is 23.5 Å². The van der Waals surface area contributed by atoms with E-state index in [1.54, 1.807) is 11.3 Å². The van der Waals surface area contributed by atoms with Crippen LogP contribution in [0.3, 0.4) is 0 Å². The minimum Gasteiger partial charge on any atom is -0.368 e. The van der Waals surface area contributed by atoms with Gasteiger partial charge in [-0.05, 0) is 12.8 Å². The number of thiazole rings is 1. The van der Waals surface area contributed by atoms with E-state index in [1.165, 1.54) is 0 Å². The lowest BCUT2D eigenvalue weighted by Crippen LogP contribution is -2.46. The smallest absolute Gasteiger partial charge is 0.251 e. The van der Waals surface area contributed by atoms with Gasteiger partial charge < -0.3 is 14.4 Å². The van der Waals surface area contributed by atoms with Crippen LogP contribution in [0.15, 0.2) is 5.38 Å². The molecular formula is C16H24N2O3S. The Labute approximate surface area is 135 Å². The Morgan fingerprint density at radius 3 is 2.82 bits per heavy atom. The lowest BCUT2D eigenvalue weighted by Gasteiger charge is -2.33. The van der Waals surface area contributed by atoms with Crippen LogP contribution in [-0.2, 0) is 19.7 Å². The summed E-state index contributed by atoms with van der Waals surface area (Å²) in [5.74, 6) is 0.110. The van der Waals surface area contributed by atoms with Gasteiger partial charge >= 0.3 is 0 Å². The summed E-state index contributed by atoms with van der Waals surface area (Å²) in [5, 5.41) is 3.06. The monoisotopic (exact) mass is 324 g/mol. The molecule has 0 N–H and O–H groups in total. The molecule has 1 amide bonds. The Hall–Kier alpha value is -0.980. The van der Waals surface area contributed by atoms with Crippen molar-refractivity contribution in [2.45, 2.75) is 51.2 Å². The van der Waals surface area contributed by atoms with Crippen molar-refractivity contribution >= 4 is 17.2 Å². The van der Waals surface area contributed by atoms with E-state index >= 15 is 0 Å². The number of hydrogen-bond acceptors (Lipinski definition) is 5. The zero-order chi connectivity index (χ0) is 15.7. The van der Waals surface area contributed by atoms with E-state index in [0.29, 0.717) is 26.3 Å². The molecular weight excluding hydrogens is 300 g/mol. The average molecular weight is 324 g/mol. The molecule has 2 saturated heterocycles. The molecule has 0 spiro atoms. The maximum Gasteiger partial charge on any atom is 0.251 e. The van der Waals surface area contributed by atoms with Crippen molar-refractivity contribution in [3.05, 3.63) is 16.1 Å². The highest BCUT2D eigenvalue weighted by molar-refractivity contribution is 7.09. The van der Waals surface area contributed by atoms with Crippen molar-refractivity contribution in [1.29, 1.82) is 0 Å². The Morgan fingerprint density at radius 2 is 2.18 bits per heavy atom. The first-order valence-electron chi connectivity index (χ1n) is 7.93. The van der Waals surface area contributed by atoms with Gasteiger partial charge in [0.1, 0.15) is 17.2 Å². The first kappa shape index (κ1) is 15.9. The van der Waals surface area contributed by atoms with Crippen molar-refractivity contribution < 1.29 is 14.3 Å². The van der Waals surface area contributed by atoms with Crippen LogP contribution >= 0.6 is 11.3 Å². The molecule has 0 aromatic carbocycles. The summed E-state index contributed by atoms with van der Waals surface area (Å²) >= 11 is 1.62. The maximum absolute atomic E-state index is 12.5. The minimum atomic E-state index is -0.250. The van der Waals surface area contributed by atoms with Crippen LogP contribution in [0.1, 0.15) is 50.4 Å². The molecule has 0 bridgehead atoms. The predicted octanol–water partition coefficient (Wildman–Crippen LogP) is 2.52. The third-order valence-electron chi connectivity index (χ3n) is 4.15. The van der Waals surface area contributed by atoms with Gasteiger partial charge in [-0.2, -0.15) is 0 Å². The zero-order valence-electron chi connectivity index (χ0n) is 13.5. The molecule has 6 heteroatoms. The maximum atomic E-state index is 12.5. The van der Waals surface area contributed by atoms with Gasteiger partial charge in [0.05, 0.1) is 18.8 Å². The fraction of sp³-hybridized carbons (Fsp3) is 0.750. The third-order valence-corrected chi connectivity index (χ3v) is 5.09. The second-order valence-electron chi connectivity index (χ2n) is 6.97. The molecule has 122 valence electrons. The molecule has 3 heterocycles. The molecule has 2 aliphatic rings. The van der Waals surface area contributed by atoms with Crippen molar-refractivity contribution in [3.63, 3.8) is 0 Å². The van der Waals surface area contributed by atoms with Gasteiger partial charge in [-0.1, -0.05) is 20.8 Å². The van der Waals surface area contributed by atoms with Crippen molar-refractivity contribution in [2.24, 2.45) is 0 Å². The standard InChI is InChI=1S/C16H24N2O3S/c1-16(2,3)13-10-22-14(17-13)12-9-18(6-8-21-12)15(19)11-5-4-7-20-11/h10-12H,4-9H2,1-3H3/t11-,12-/m1/s1. The molecule has 5 nitrogen and oxygen atoms in total. The topological polar surface area (TPSA) is 51.7 Å². The van der Waals surface area contributed by atoms with E-state index < -0.39 is 0 Å². The number of carbonyl (C=O) groups is 1. The van der Waals surface area contributed by atoms with Crippen molar-refractivity contribution in [3.8, 4) is 0 Å². The summed E-state index contributed by atoms with van der Waals surface area (Å²) < 4.78 is 11.4. The van der Waals surface area contributed by atoms with Gasteiger partial charge in [0, 0.05) is 23.9 Å². The second kappa shape index (κ2) is 6.26. The van der Waals surface area contributed by atoms with Crippen LogP contribution in [-0.4, -0.2) is 48.2 Å². The average Bonchev–Trinajstić information content (AvgIpc) is 3.17. The summed E-state index contributed by atoms with van der Waals surface area (Å²) in [6, 6.07) is 0. The highest BCUT2D eigenvalue weighted by Crippen LogP contribution is 2.30. The van der Waals surface area contributed by atoms with Crippen molar-refractivity contribution in [2.75, 3.05) is 26.3 Å². The molecule has 0 unspecified atom stereocenters. The summed E-state index contributed by atoms with van der Waals surface area (Å²) in [6.07, 6.45) is 1.46. The molecule has 2 atom stereocenters. The lowest BCUT2D eigenvalue weighted by molar-refractivity contribution is -0.148. The summed E-state index contributed by atoms with van der Waals surface area (Å²) in [6.45, 7) is 8.95. The van der Waals surface area contributed by atoms with Gasteiger partial charge in [0.25, 0.3) is 5.91 Å². The first-order valence-corrected chi connectivity index (χ1v) is 8.81. The van der Waals surface area contributed by atoms with Gasteiger partial charge in [-0.25, -0.2) is 4.98 Å². The number of amides is 1. The molecule has 0 saturated carbocycles. The number of rotatable bonds is 2. The quantitative estimate of drug-likeness (QED) is 0.839. The third kappa shape index (κ3) is 3.34. The highest BCUT2D eigenvalue weighted by Gasteiger charge is 2.33. The highest BCUT2D eigenvalue weighted by atomic mass is 32.1. The van der Waals surface area contributed by atoms with Crippen LogP contribution in [0.25, 0.3) is 0 Å². The van der Waals surface area contributed by atoms with E-state index in [-0.39, 0.29) is 23.5 Å². The van der Waals surface area contributed by atoms with E-state index in [1.807, 2.05) is 4.90 Å². The number of carbonyl (C=O) groups excluding carboxylic acids is 1. The number of morpholine rings is 1. The molecule has 22 heavy (non-hydrogen) atoms. The largest absolute Gasteiger partial charge is 0.368 e. The lowest BCUT2D eigenvalue weighted by atomic mass is 9.93. The molecule has 0 radical (unpaired) electrons. The second-order valence-corrected chi connectivity index (χ2v) is 7.86.